The van der Waals surface area contributed by atoms with Crippen molar-refractivity contribution in [3.63, 3.8) is 0 Å². The normalized spacial score (nSPS) is 13.2. The lowest BCUT2D eigenvalue weighted by molar-refractivity contribution is 0.204. The van der Waals surface area contributed by atoms with E-state index >= 15 is 0 Å². The molecule has 10 nitrogen and oxygen atoms in total. The van der Waals surface area contributed by atoms with Crippen LogP contribution in [0.2, 0.25) is 0 Å². The molecule has 0 amide bonds. The molecule has 0 atom stereocenters. The number of methoxy groups -OCH3 is 1. The van der Waals surface area contributed by atoms with Gasteiger partial charge in [0.1, 0.15) is 11.8 Å². The fourth-order valence-electron chi connectivity index (χ4n) is 3.17. The van der Waals surface area contributed by atoms with Gasteiger partial charge in [-0.05, 0) is 17.7 Å². The van der Waals surface area contributed by atoms with Crippen molar-refractivity contribution in [2.24, 2.45) is 5.14 Å². The van der Waals surface area contributed by atoms with Gasteiger partial charge in [-0.3, -0.25) is 4.90 Å². The van der Waals surface area contributed by atoms with E-state index in [1.54, 1.807) is 37.6 Å². The van der Waals surface area contributed by atoms with Crippen LogP contribution < -0.4 is 14.8 Å². The number of nitrogens with two attached hydrogens (primary N) is 1. The highest BCUT2D eigenvalue weighted by molar-refractivity contribution is 7.99. The number of imidazole rings is 1. The highest BCUT2D eigenvalue weighted by Gasteiger charge is 2.25. The summed E-state index contributed by atoms with van der Waals surface area (Å²) in [5, 5.41) is 5.79. The predicted octanol–water partition coefficient (Wildman–Crippen LogP) is 1.26. The summed E-state index contributed by atoms with van der Waals surface area (Å²) >= 11 is 1.59. The van der Waals surface area contributed by atoms with Crippen molar-refractivity contribution in [2.45, 2.75) is 22.9 Å². The molecule has 3 N–H and O–H groups in total. The van der Waals surface area contributed by atoms with Crippen molar-refractivity contribution in [1.82, 2.24) is 24.2 Å². The highest BCUT2D eigenvalue weighted by Crippen LogP contribution is 2.46. The monoisotopic (exact) mass is 447 g/mol. The van der Waals surface area contributed by atoms with E-state index in [1.165, 1.54) is 0 Å². The van der Waals surface area contributed by atoms with Gasteiger partial charge in [-0.15, -0.1) is 0 Å². The standard InChI is InChI=1S/C18H21N7O3S2/c1-28-12-25-15-8-13(2-3-16(15)29-18-17(25)20-6-7-21-18)9-24-10-14(22-11-24)4-5-23-30(19,26)27/h2-3,6-8,10-11,23H,4-5,9,12H2,1H3,(H2,19,26,27). The molecule has 0 spiro atoms. The van der Waals surface area contributed by atoms with Crippen LogP contribution in [0.1, 0.15) is 11.3 Å². The number of hydrogen-bond donors (Lipinski definition) is 2. The van der Waals surface area contributed by atoms with Gasteiger partial charge in [0.05, 0.1) is 17.7 Å². The molecule has 4 rings (SSSR count). The zero-order valence-corrected chi connectivity index (χ0v) is 17.9. The average molecular weight is 448 g/mol. The maximum absolute atomic E-state index is 11.0. The lowest BCUT2D eigenvalue weighted by atomic mass is 10.2. The third-order valence-corrected chi connectivity index (χ3v) is 6.07. The van der Waals surface area contributed by atoms with E-state index < -0.39 is 10.2 Å². The second kappa shape index (κ2) is 8.70. The summed E-state index contributed by atoms with van der Waals surface area (Å²) in [6.07, 6.45) is 7.45. The first-order valence-corrected chi connectivity index (χ1v) is 11.5. The van der Waals surface area contributed by atoms with Crippen LogP contribution in [0.4, 0.5) is 11.5 Å². The zero-order valence-electron chi connectivity index (χ0n) is 16.2. The van der Waals surface area contributed by atoms with Gasteiger partial charge in [-0.2, -0.15) is 8.42 Å². The maximum atomic E-state index is 11.0. The number of hydrogen-bond acceptors (Lipinski definition) is 8. The van der Waals surface area contributed by atoms with Crippen molar-refractivity contribution in [2.75, 3.05) is 25.3 Å². The molecule has 0 bridgehead atoms. The Morgan fingerprint density at radius 2 is 2.07 bits per heavy atom. The van der Waals surface area contributed by atoms with Crippen LogP contribution in [-0.4, -0.2) is 48.3 Å². The minimum absolute atomic E-state index is 0.207. The highest BCUT2D eigenvalue weighted by atomic mass is 32.2. The maximum Gasteiger partial charge on any atom is 0.274 e. The molecule has 0 unspecified atom stereocenters. The van der Waals surface area contributed by atoms with Gasteiger partial charge < -0.3 is 9.30 Å². The molecule has 1 aliphatic heterocycles. The van der Waals surface area contributed by atoms with Gasteiger partial charge in [-0.25, -0.2) is 24.8 Å². The van der Waals surface area contributed by atoms with E-state index in [2.05, 4.69) is 37.9 Å². The second-order valence-electron chi connectivity index (χ2n) is 6.66. The number of benzene rings is 1. The number of rotatable bonds is 8. The minimum atomic E-state index is -3.69. The molecule has 158 valence electrons. The summed E-state index contributed by atoms with van der Waals surface area (Å²) < 4.78 is 31.5. The van der Waals surface area contributed by atoms with Gasteiger partial charge >= 0.3 is 0 Å². The Morgan fingerprint density at radius 1 is 1.23 bits per heavy atom. The van der Waals surface area contributed by atoms with E-state index in [1.807, 2.05) is 15.7 Å². The summed E-state index contributed by atoms with van der Waals surface area (Å²) in [7, 11) is -2.04. The van der Waals surface area contributed by atoms with Gasteiger partial charge in [0.25, 0.3) is 10.2 Å². The van der Waals surface area contributed by atoms with Crippen LogP contribution in [-0.2, 0) is 27.9 Å². The first-order valence-electron chi connectivity index (χ1n) is 9.09. The largest absolute Gasteiger partial charge is 0.364 e. The fraction of sp³-hybridized carbons (Fsp3) is 0.278. The predicted molar refractivity (Wildman–Crippen MR) is 113 cm³/mol. The first-order chi connectivity index (χ1) is 14.4. The minimum Gasteiger partial charge on any atom is -0.364 e. The summed E-state index contributed by atoms with van der Waals surface area (Å²) in [5.74, 6) is 0.779. The number of anilines is 2. The Labute approximate surface area is 178 Å². The fourth-order valence-corrected chi connectivity index (χ4v) is 4.54. The van der Waals surface area contributed by atoms with Crippen molar-refractivity contribution < 1.29 is 13.2 Å². The van der Waals surface area contributed by atoms with Crippen molar-refractivity contribution in [3.8, 4) is 0 Å². The molecule has 30 heavy (non-hydrogen) atoms. The summed E-state index contributed by atoms with van der Waals surface area (Å²) in [5.41, 5.74) is 2.89. The molecule has 0 aliphatic carbocycles. The lowest BCUT2D eigenvalue weighted by Crippen LogP contribution is -2.32. The molecule has 0 fully saturated rings. The summed E-state index contributed by atoms with van der Waals surface area (Å²) in [6, 6.07) is 6.26. The van der Waals surface area contributed by atoms with Crippen molar-refractivity contribution in [3.05, 3.63) is 54.4 Å². The molecule has 3 heterocycles. The molecular weight excluding hydrogens is 426 g/mol. The first kappa shape index (κ1) is 20.8. The third-order valence-electron chi connectivity index (χ3n) is 4.42. The van der Waals surface area contributed by atoms with E-state index in [4.69, 9.17) is 9.88 Å². The van der Waals surface area contributed by atoms with Crippen LogP contribution in [0.15, 0.2) is 53.0 Å². The summed E-state index contributed by atoms with van der Waals surface area (Å²) in [6.45, 7) is 1.20. The molecule has 1 aliphatic rings. The summed E-state index contributed by atoms with van der Waals surface area (Å²) in [4.78, 5) is 16.3. The van der Waals surface area contributed by atoms with Crippen LogP contribution >= 0.6 is 11.8 Å². The second-order valence-corrected chi connectivity index (χ2v) is 9.07. The van der Waals surface area contributed by atoms with E-state index in [9.17, 15) is 8.42 Å². The Hall–Kier alpha value is -2.51. The Bertz CT molecular complexity index is 1150. The van der Waals surface area contributed by atoms with Crippen LogP contribution in [0, 0.1) is 0 Å². The molecule has 1 aromatic carbocycles. The zero-order chi connectivity index (χ0) is 21.1. The average Bonchev–Trinajstić information content (AvgIpc) is 3.14. The molecule has 2 aromatic heterocycles. The van der Waals surface area contributed by atoms with E-state index in [0.29, 0.717) is 19.7 Å². The Morgan fingerprint density at radius 3 is 2.87 bits per heavy atom. The van der Waals surface area contributed by atoms with Gasteiger partial charge in [0, 0.05) is 50.1 Å². The quantitative estimate of drug-likeness (QED) is 0.528. The molecule has 12 heteroatoms. The third kappa shape index (κ3) is 4.79. The number of aromatic nitrogens is 4. The van der Waals surface area contributed by atoms with Gasteiger partial charge in [0.2, 0.25) is 0 Å². The van der Waals surface area contributed by atoms with E-state index in [-0.39, 0.29) is 6.54 Å². The molecular formula is C18H21N7O3S2. The molecule has 0 saturated heterocycles. The Balaban J connectivity index is 1.51. The number of nitrogens with zero attached hydrogens (tertiary/aromatic N) is 5. The number of fused-ring (bicyclic) bond motifs is 2. The molecule has 3 aromatic rings. The van der Waals surface area contributed by atoms with Gasteiger partial charge in [-0.1, -0.05) is 17.8 Å². The van der Waals surface area contributed by atoms with Gasteiger partial charge in [0.15, 0.2) is 5.82 Å². The Kier molecular flexibility index (Phi) is 6.01. The lowest BCUT2D eigenvalue weighted by Gasteiger charge is -2.30. The van der Waals surface area contributed by atoms with Crippen molar-refractivity contribution >= 4 is 33.5 Å². The molecule has 0 saturated carbocycles. The number of ether oxygens (including phenoxy) is 1. The SMILES string of the molecule is COCN1c2cc(Cn3cnc(CCNS(N)(=O)=O)c3)ccc2Sc2nccnc21. The van der Waals surface area contributed by atoms with Crippen LogP contribution in [0.3, 0.4) is 0 Å². The topological polar surface area (TPSA) is 128 Å². The van der Waals surface area contributed by atoms with E-state index in [0.717, 1.165) is 32.7 Å². The van der Waals surface area contributed by atoms with Crippen LogP contribution in [0.25, 0.3) is 0 Å². The number of nitrogens with one attached hydrogen (secondary N) is 1. The van der Waals surface area contributed by atoms with Crippen molar-refractivity contribution in [1.29, 1.82) is 0 Å². The smallest absolute Gasteiger partial charge is 0.274 e. The van der Waals surface area contributed by atoms with Crippen LogP contribution in [0.5, 0.6) is 0 Å². The molecule has 0 radical (unpaired) electrons.